The Hall–Kier alpha value is -0.610. The van der Waals surface area contributed by atoms with E-state index in [1.807, 2.05) is 6.92 Å². The average molecular weight is 308 g/mol. The van der Waals surface area contributed by atoms with Crippen molar-refractivity contribution in [2.45, 2.75) is 70.4 Å². The lowest BCUT2D eigenvalue weighted by Crippen LogP contribution is -2.51. The Kier molecular flexibility index (Phi) is 5.75. The summed E-state index contributed by atoms with van der Waals surface area (Å²) in [5.41, 5.74) is 0. The van der Waals surface area contributed by atoms with Crippen LogP contribution in [0.2, 0.25) is 0 Å². The van der Waals surface area contributed by atoms with Gasteiger partial charge in [-0.1, -0.05) is 12.8 Å². The van der Waals surface area contributed by atoms with Gasteiger partial charge >= 0.3 is 5.97 Å². The van der Waals surface area contributed by atoms with Gasteiger partial charge in [-0.2, -0.15) is 0 Å². The molecule has 4 nitrogen and oxygen atoms in total. The molecule has 2 unspecified atom stereocenters. The molecule has 22 heavy (non-hydrogen) atoms. The number of carbonyl (C=O) groups is 1. The van der Waals surface area contributed by atoms with Gasteiger partial charge in [0.2, 0.25) is 0 Å². The Balaban J connectivity index is 1.49. The van der Waals surface area contributed by atoms with Gasteiger partial charge in [-0.3, -0.25) is 9.69 Å². The van der Waals surface area contributed by atoms with Crippen molar-refractivity contribution in [2.75, 3.05) is 26.2 Å². The van der Waals surface area contributed by atoms with Crippen molar-refractivity contribution in [3.05, 3.63) is 0 Å². The van der Waals surface area contributed by atoms with Gasteiger partial charge in [-0.15, -0.1) is 0 Å². The lowest BCUT2D eigenvalue weighted by molar-refractivity contribution is -0.144. The molecule has 0 amide bonds. The van der Waals surface area contributed by atoms with Crippen molar-refractivity contribution in [1.29, 1.82) is 0 Å². The Labute approximate surface area is 135 Å². The maximum absolute atomic E-state index is 11.8. The molecule has 1 N–H and O–H groups in total. The molecule has 0 aromatic heterocycles. The third kappa shape index (κ3) is 4.69. The molecule has 3 fully saturated rings. The van der Waals surface area contributed by atoms with Crippen molar-refractivity contribution >= 4 is 5.97 Å². The first-order chi connectivity index (χ1) is 10.7. The van der Waals surface area contributed by atoms with Gasteiger partial charge in [0.25, 0.3) is 0 Å². The summed E-state index contributed by atoms with van der Waals surface area (Å²) in [6.07, 6.45) is 10.1. The van der Waals surface area contributed by atoms with Crippen LogP contribution < -0.4 is 5.32 Å². The van der Waals surface area contributed by atoms with Crippen molar-refractivity contribution in [3.63, 3.8) is 0 Å². The average Bonchev–Trinajstić information content (AvgIpc) is 3.22. The first kappa shape index (κ1) is 16.3. The molecule has 0 aromatic carbocycles. The van der Waals surface area contributed by atoms with E-state index in [4.69, 9.17) is 4.74 Å². The smallest absolute Gasteiger partial charge is 0.306 e. The molecule has 0 spiro atoms. The number of nitrogens with one attached hydrogen (secondary N) is 1. The fourth-order valence-electron chi connectivity index (χ4n) is 4.28. The van der Waals surface area contributed by atoms with E-state index in [1.54, 1.807) is 0 Å². The van der Waals surface area contributed by atoms with Gasteiger partial charge in [-0.05, 0) is 57.4 Å². The summed E-state index contributed by atoms with van der Waals surface area (Å²) in [4.78, 5) is 14.4. The van der Waals surface area contributed by atoms with Gasteiger partial charge in [0.15, 0.2) is 0 Å². The van der Waals surface area contributed by atoms with Crippen LogP contribution in [0.15, 0.2) is 0 Å². The zero-order chi connectivity index (χ0) is 15.4. The van der Waals surface area contributed by atoms with Crippen LogP contribution in [0.1, 0.15) is 58.3 Å². The Morgan fingerprint density at radius 1 is 1.14 bits per heavy atom. The molecular weight excluding hydrogens is 276 g/mol. The molecular formula is C18H32N2O2. The minimum absolute atomic E-state index is 0.0142. The zero-order valence-corrected chi connectivity index (χ0v) is 14.1. The molecule has 1 heterocycles. The first-order valence-electron chi connectivity index (χ1n) is 9.37. The second-order valence-electron chi connectivity index (χ2n) is 7.55. The highest BCUT2D eigenvalue weighted by Gasteiger charge is 2.36. The molecule has 3 rings (SSSR count). The maximum Gasteiger partial charge on any atom is 0.306 e. The van der Waals surface area contributed by atoms with E-state index in [9.17, 15) is 4.79 Å². The van der Waals surface area contributed by atoms with Gasteiger partial charge in [0.1, 0.15) is 0 Å². The second-order valence-corrected chi connectivity index (χ2v) is 7.55. The van der Waals surface area contributed by atoms with Crippen molar-refractivity contribution in [3.8, 4) is 0 Å². The number of carbonyl (C=O) groups excluding carboxylic acids is 1. The third-order valence-electron chi connectivity index (χ3n) is 5.56. The Morgan fingerprint density at radius 2 is 1.91 bits per heavy atom. The van der Waals surface area contributed by atoms with Crippen LogP contribution in [-0.4, -0.2) is 49.2 Å². The number of likely N-dealkylation sites (tertiary alicyclic amines) is 1. The predicted octanol–water partition coefficient (Wildman–Crippen LogP) is 2.57. The number of nitrogens with zero attached hydrogens (tertiary/aromatic N) is 1. The predicted molar refractivity (Wildman–Crippen MR) is 87.7 cm³/mol. The highest BCUT2D eigenvalue weighted by atomic mass is 16.5. The zero-order valence-electron chi connectivity index (χ0n) is 14.1. The summed E-state index contributed by atoms with van der Waals surface area (Å²) in [5.74, 6) is 1.34. The fourth-order valence-corrected chi connectivity index (χ4v) is 4.28. The fraction of sp³-hybridized carbons (Fsp3) is 0.944. The van der Waals surface area contributed by atoms with E-state index in [0.29, 0.717) is 25.0 Å². The quantitative estimate of drug-likeness (QED) is 0.734. The number of hydrogen-bond donors (Lipinski definition) is 1. The standard InChI is InChI=1S/C18H32N2O2/c1-2-22-18(21)10-15-9-16(13-20(12-15)17-7-8-17)19-11-14-5-3-4-6-14/h14-17,19H,2-13H2,1H3. The lowest BCUT2D eigenvalue weighted by Gasteiger charge is -2.38. The van der Waals surface area contributed by atoms with Crippen molar-refractivity contribution in [1.82, 2.24) is 10.2 Å². The van der Waals surface area contributed by atoms with E-state index >= 15 is 0 Å². The van der Waals surface area contributed by atoms with Crippen molar-refractivity contribution < 1.29 is 9.53 Å². The van der Waals surface area contributed by atoms with E-state index in [0.717, 1.165) is 24.9 Å². The van der Waals surface area contributed by atoms with Gasteiger partial charge in [0.05, 0.1) is 6.61 Å². The molecule has 0 bridgehead atoms. The minimum Gasteiger partial charge on any atom is -0.466 e. The van der Waals surface area contributed by atoms with Crippen LogP contribution in [-0.2, 0) is 9.53 Å². The molecule has 0 aromatic rings. The number of piperidine rings is 1. The SMILES string of the molecule is CCOC(=O)CC1CC(NCC2CCCC2)CN(C2CC2)C1. The van der Waals surface area contributed by atoms with Crippen LogP contribution in [0.3, 0.4) is 0 Å². The molecule has 2 atom stereocenters. The molecule has 4 heteroatoms. The van der Waals surface area contributed by atoms with E-state index in [2.05, 4.69) is 10.2 Å². The van der Waals surface area contributed by atoms with E-state index in [1.165, 1.54) is 51.6 Å². The summed E-state index contributed by atoms with van der Waals surface area (Å²) < 4.78 is 5.15. The summed E-state index contributed by atoms with van der Waals surface area (Å²) in [5, 5.41) is 3.82. The number of hydrogen-bond acceptors (Lipinski definition) is 4. The number of esters is 1. The Morgan fingerprint density at radius 3 is 2.59 bits per heavy atom. The third-order valence-corrected chi connectivity index (χ3v) is 5.56. The minimum atomic E-state index is -0.0142. The van der Waals surface area contributed by atoms with Crippen LogP contribution in [0, 0.1) is 11.8 Å². The summed E-state index contributed by atoms with van der Waals surface area (Å²) >= 11 is 0. The largest absolute Gasteiger partial charge is 0.466 e. The molecule has 1 saturated heterocycles. The monoisotopic (exact) mass is 308 g/mol. The topological polar surface area (TPSA) is 41.6 Å². The normalized spacial score (nSPS) is 30.6. The highest BCUT2D eigenvalue weighted by molar-refractivity contribution is 5.69. The van der Waals surface area contributed by atoms with Gasteiger partial charge in [-0.25, -0.2) is 0 Å². The van der Waals surface area contributed by atoms with Crippen LogP contribution >= 0.6 is 0 Å². The molecule has 2 saturated carbocycles. The van der Waals surface area contributed by atoms with Crippen LogP contribution in [0.5, 0.6) is 0 Å². The Bertz CT molecular complexity index is 364. The van der Waals surface area contributed by atoms with Gasteiger partial charge < -0.3 is 10.1 Å². The highest BCUT2D eigenvalue weighted by Crippen LogP contribution is 2.32. The second kappa shape index (κ2) is 7.78. The van der Waals surface area contributed by atoms with Crippen LogP contribution in [0.4, 0.5) is 0 Å². The molecule has 2 aliphatic carbocycles. The van der Waals surface area contributed by atoms with Gasteiger partial charge in [0, 0.05) is 31.6 Å². The van der Waals surface area contributed by atoms with E-state index < -0.39 is 0 Å². The summed E-state index contributed by atoms with van der Waals surface area (Å²) in [6.45, 7) is 5.83. The molecule has 1 aliphatic heterocycles. The number of ether oxygens (including phenoxy) is 1. The van der Waals surface area contributed by atoms with E-state index in [-0.39, 0.29) is 5.97 Å². The summed E-state index contributed by atoms with van der Waals surface area (Å²) in [6, 6.07) is 1.36. The summed E-state index contributed by atoms with van der Waals surface area (Å²) in [7, 11) is 0. The maximum atomic E-state index is 11.8. The van der Waals surface area contributed by atoms with Crippen LogP contribution in [0.25, 0.3) is 0 Å². The number of rotatable bonds is 7. The van der Waals surface area contributed by atoms with Crippen molar-refractivity contribution in [2.24, 2.45) is 11.8 Å². The molecule has 3 aliphatic rings. The molecule has 126 valence electrons. The molecule has 0 radical (unpaired) electrons. The first-order valence-corrected chi connectivity index (χ1v) is 9.37. The lowest BCUT2D eigenvalue weighted by atomic mass is 9.91.